The molecule has 1 aliphatic heterocycles. The van der Waals surface area contributed by atoms with Crippen LogP contribution in [0.1, 0.15) is 20.8 Å². The number of nitrogens with zero attached hydrogens (tertiary/aromatic N) is 1. The molecule has 1 saturated heterocycles. The summed E-state index contributed by atoms with van der Waals surface area (Å²) < 4.78 is 5.28. The van der Waals surface area contributed by atoms with Crippen LogP contribution in [0.15, 0.2) is 0 Å². The van der Waals surface area contributed by atoms with E-state index in [1.807, 2.05) is 20.8 Å². The highest BCUT2D eigenvalue weighted by Gasteiger charge is 2.34. The van der Waals surface area contributed by atoms with E-state index in [0.717, 1.165) is 0 Å². The van der Waals surface area contributed by atoms with E-state index in [-0.39, 0.29) is 18.3 Å². The minimum atomic E-state index is -0.546. The molecule has 0 aromatic carbocycles. The molecule has 2 N–H and O–H groups in total. The third-order valence-electron chi connectivity index (χ3n) is 2.42. The average Bonchev–Trinajstić information content (AvgIpc) is 2.25. The van der Waals surface area contributed by atoms with E-state index in [1.54, 1.807) is 7.05 Å². The number of amides is 2. The zero-order valence-corrected chi connectivity index (χ0v) is 12.1. The minimum Gasteiger partial charge on any atom is -0.444 e. The van der Waals surface area contributed by atoms with E-state index in [1.165, 1.54) is 4.90 Å². The van der Waals surface area contributed by atoms with Gasteiger partial charge >= 0.3 is 6.09 Å². The number of rotatable bonds is 1. The van der Waals surface area contributed by atoms with E-state index < -0.39 is 17.7 Å². The van der Waals surface area contributed by atoms with Crippen molar-refractivity contribution in [2.24, 2.45) is 0 Å². The lowest BCUT2D eigenvalue weighted by Gasteiger charge is -2.35. The summed E-state index contributed by atoms with van der Waals surface area (Å²) in [7, 11) is 1.56. The Bertz CT molecular complexity index is 304. The smallest absolute Gasteiger partial charge is 0.411 e. The molecule has 0 radical (unpaired) electrons. The average molecular weight is 280 g/mol. The van der Waals surface area contributed by atoms with Crippen molar-refractivity contribution in [3.63, 3.8) is 0 Å². The van der Waals surface area contributed by atoms with Gasteiger partial charge in [0.05, 0.1) is 0 Å². The number of ether oxygens (including phenoxy) is 1. The third-order valence-corrected chi connectivity index (χ3v) is 2.42. The Morgan fingerprint density at radius 2 is 2.00 bits per heavy atom. The van der Waals surface area contributed by atoms with Gasteiger partial charge in [-0.1, -0.05) is 0 Å². The molecule has 2 amide bonds. The first kappa shape index (κ1) is 17.0. The molecule has 0 aromatic rings. The Balaban J connectivity index is 0.00000289. The summed E-state index contributed by atoms with van der Waals surface area (Å²) in [6.45, 7) is 7.03. The summed E-state index contributed by atoms with van der Waals surface area (Å²) in [5.41, 5.74) is -0.546. The molecule has 0 spiro atoms. The van der Waals surface area contributed by atoms with Crippen LogP contribution in [0.25, 0.3) is 0 Å². The van der Waals surface area contributed by atoms with Gasteiger partial charge in [0.15, 0.2) is 0 Å². The molecule has 6 nitrogen and oxygen atoms in total. The number of hydrogen-bond acceptors (Lipinski definition) is 4. The maximum Gasteiger partial charge on any atom is 0.411 e. The first-order valence-electron chi connectivity index (χ1n) is 5.77. The minimum absolute atomic E-state index is 0. The molecule has 7 heteroatoms. The second-order valence-electron chi connectivity index (χ2n) is 5.01. The van der Waals surface area contributed by atoms with Gasteiger partial charge in [-0.25, -0.2) is 4.79 Å². The number of nitrogens with one attached hydrogen (secondary N) is 2. The fourth-order valence-corrected chi connectivity index (χ4v) is 1.64. The van der Waals surface area contributed by atoms with Crippen LogP contribution in [-0.2, 0) is 9.53 Å². The Kier molecular flexibility index (Phi) is 6.42. The zero-order valence-electron chi connectivity index (χ0n) is 11.3. The van der Waals surface area contributed by atoms with Crippen LogP contribution in [0.3, 0.4) is 0 Å². The second kappa shape index (κ2) is 6.80. The van der Waals surface area contributed by atoms with Crippen molar-refractivity contribution in [2.75, 3.05) is 26.7 Å². The van der Waals surface area contributed by atoms with Crippen LogP contribution in [0.2, 0.25) is 0 Å². The molecule has 18 heavy (non-hydrogen) atoms. The Morgan fingerprint density at radius 3 is 2.50 bits per heavy atom. The van der Waals surface area contributed by atoms with Crippen LogP contribution >= 0.6 is 12.4 Å². The first-order valence-corrected chi connectivity index (χ1v) is 5.77. The van der Waals surface area contributed by atoms with Crippen molar-refractivity contribution in [2.45, 2.75) is 32.4 Å². The molecule has 1 atom stereocenters. The highest BCUT2D eigenvalue weighted by atomic mass is 35.5. The fraction of sp³-hybridized carbons (Fsp3) is 0.818. The molecule has 0 aliphatic carbocycles. The summed E-state index contributed by atoms with van der Waals surface area (Å²) >= 11 is 0. The van der Waals surface area contributed by atoms with Crippen molar-refractivity contribution >= 4 is 24.4 Å². The van der Waals surface area contributed by atoms with Gasteiger partial charge in [0.1, 0.15) is 11.6 Å². The van der Waals surface area contributed by atoms with Gasteiger partial charge in [0.2, 0.25) is 5.91 Å². The summed E-state index contributed by atoms with van der Waals surface area (Å²) in [5.74, 6) is -0.178. The van der Waals surface area contributed by atoms with Gasteiger partial charge < -0.3 is 15.4 Å². The monoisotopic (exact) mass is 279 g/mol. The second-order valence-corrected chi connectivity index (χ2v) is 5.01. The Hall–Kier alpha value is -1.01. The molecule has 1 rings (SSSR count). The van der Waals surface area contributed by atoms with Crippen LogP contribution in [0.4, 0.5) is 4.79 Å². The van der Waals surface area contributed by atoms with E-state index in [2.05, 4.69) is 10.6 Å². The van der Waals surface area contributed by atoms with Crippen LogP contribution in [0.5, 0.6) is 0 Å². The summed E-state index contributed by atoms with van der Waals surface area (Å²) in [6.07, 6.45) is -0.437. The molecule has 0 aromatic heterocycles. The summed E-state index contributed by atoms with van der Waals surface area (Å²) in [4.78, 5) is 25.1. The topological polar surface area (TPSA) is 70.7 Å². The maximum absolute atomic E-state index is 11.9. The van der Waals surface area contributed by atoms with Crippen LogP contribution in [0, 0.1) is 0 Å². The lowest BCUT2D eigenvalue weighted by molar-refractivity contribution is -0.126. The number of hydrogen-bond donors (Lipinski definition) is 2. The van der Waals surface area contributed by atoms with Crippen molar-refractivity contribution in [1.82, 2.24) is 15.5 Å². The SMILES string of the molecule is CNC(=O)[C@H]1CNCCN1C(=O)OC(C)(C)C.Cl. The largest absolute Gasteiger partial charge is 0.444 e. The van der Waals surface area contributed by atoms with Gasteiger partial charge in [0, 0.05) is 26.7 Å². The number of carbonyl (C=O) groups excluding carboxylic acids is 2. The predicted molar refractivity (Wildman–Crippen MR) is 70.9 cm³/mol. The third kappa shape index (κ3) is 4.70. The normalized spacial score (nSPS) is 19.8. The highest BCUT2D eigenvalue weighted by molar-refractivity contribution is 5.86. The van der Waals surface area contributed by atoms with Crippen molar-refractivity contribution in [3.8, 4) is 0 Å². The number of likely N-dealkylation sites (N-methyl/N-ethyl adjacent to an activating group) is 1. The zero-order chi connectivity index (χ0) is 13.1. The van der Waals surface area contributed by atoms with Gasteiger partial charge in [-0.05, 0) is 20.8 Å². The van der Waals surface area contributed by atoms with Gasteiger partial charge in [0.25, 0.3) is 0 Å². The molecule has 106 valence electrons. The predicted octanol–water partition coefficient (Wildman–Crippen LogP) is 0.363. The van der Waals surface area contributed by atoms with Crippen molar-refractivity contribution < 1.29 is 14.3 Å². The quantitative estimate of drug-likeness (QED) is 0.727. The summed E-state index contributed by atoms with van der Waals surface area (Å²) in [6, 6.07) is -0.497. The van der Waals surface area contributed by atoms with Crippen molar-refractivity contribution in [3.05, 3.63) is 0 Å². The fourth-order valence-electron chi connectivity index (χ4n) is 1.64. The Morgan fingerprint density at radius 1 is 1.39 bits per heavy atom. The molecule has 1 heterocycles. The molecule has 0 bridgehead atoms. The molecule has 0 saturated carbocycles. The molecule has 1 fully saturated rings. The van der Waals surface area contributed by atoms with Crippen LogP contribution < -0.4 is 10.6 Å². The number of piperazine rings is 1. The Labute approximate surface area is 114 Å². The lowest BCUT2D eigenvalue weighted by Crippen LogP contribution is -2.59. The number of halogens is 1. The van der Waals surface area contributed by atoms with E-state index in [0.29, 0.717) is 19.6 Å². The first-order chi connectivity index (χ1) is 7.85. The molecule has 1 aliphatic rings. The van der Waals surface area contributed by atoms with Gasteiger partial charge in [-0.2, -0.15) is 0 Å². The molecular formula is C11H22ClN3O3. The standard InChI is InChI=1S/C11H21N3O3.ClH/c1-11(2,3)17-10(16)14-6-5-13-7-8(14)9(15)12-4;/h8,13H,5-7H2,1-4H3,(H,12,15);1H/t8-;/m1./s1. The van der Waals surface area contributed by atoms with Crippen LogP contribution in [-0.4, -0.2) is 55.2 Å². The lowest BCUT2D eigenvalue weighted by atomic mass is 10.2. The van der Waals surface area contributed by atoms with E-state index >= 15 is 0 Å². The molecule has 0 unspecified atom stereocenters. The number of carbonyl (C=O) groups is 2. The highest BCUT2D eigenvalue weighted by Crippen LogP contribution is 2.13. The molecular weight excluding hydrogens is 258 g/mol. The van der Waals surface area contributed by atoms with E-state index in [9.17, 15) is 9.59 Å². The maximum atomic E-state index is 11.9. The van der Waals surface area contributed by atoms with Crippen molar-refractivity contribution in [1.29, 1.82) is 0 Å². The summed E-state index contributed by atoms with van der Waals surface area (Å²) in [5, 5.41) is 5.64. The van der Waals surface area contributed by atoms with Gasteiger partial charge in [-0.15, -0.1) is 12.4 Å². The van der Waals surface area contributed by atoms with E-state index in [4.69, 9.17) is 4.74 Å². The van der Waals surface area contributed by atoms with Gasteiger partial charge in [-0.3, -0.25) is 9.69 Å².